The van der Waals surface area contributed by atoms with Gasteiger partial charge in [-0.05, 0) is 47.6 Å². The molecule has 1 unspecified atom stereocenters. The molecule has 3 rings (SSSR count). The third kappa shape index (κ3) is 2.56. The number of amides is 1. The Balaban J connectivity index is 1.98. The summed E-state index contributed by atoms with van der Waals surface area (Å²) in [5, 5.41) is 0. The first-order valence-electron chi connectivity index (χ1n) is 7.86. The van der Waals surface area contributed by atoms with E-state index in [1.165, 1.54) is 0 Å². The molecule has 1 heterocycles. The Morgan fingerprint density at radius 1 is 1.13 bits per heavy atom. The molecule has 3 nitrogen and oxygen atoms in total. The summed E-state index contributed by atoms with van der Waals surface area (Å²) < 4.78 is 0. The molecule has 118 valence electrons. The fourth-order valence-corrected chi connectivity index (χ4v) is 3.54. The number of Topliss-reactive ketones (excluding diaryl/α,β-unsaturated/α-hetero) is 1. The van der Waals surface area contributed by atoms with E-state index in [4.69, 9.17) is 0 Å². The SMILES string of the molecule is C=C1CN(C)C(=O)C2(CC/C(=C\c3ccccc3)C2=O)CC1=C. The summed E-state index contributed by atoms with van der Waals surface area (Å²) in [6.07, 6.45) is 3.49. The fraction of sp³-hybridized carbons (Fsp3) is 0.300. The number of hydrogen-bond donors (Lipinski definition) is 0. The molecule has 0 radical (unpaired) electrons. The lowest BCUT2D eigenvalue weighted by Gasteiger charge is -2.27. The average molecular weight is 307 g/mol. The van der Waals surface area contributed by atoms with Gasteiger partial charge in [-0.3, -0.25) is 9.59 Å². The molecular weight excluding hydrogens is 286 g/mol. The van der Waals surface area contributed by atoms with Gasteiger partial charge in [0.05, 0.1) is 0 Å². The third-order valence-electron chi connectivity index (χ3n) is 4.89. The molecule has 0 bridgehead atoms. The highest BCUT2D eigenvalue weighted by Crippen LogP contribution is 2.46. The van der Waals surface area contributed by atoms with E-state index in [2.05, 4.69) is 13.2 Å². The number of benzene rings is 1. The van der Waals surface area contributed by atoms with Crippen LogP contribution < -0.4 is 0 Å². The molecule has 1 aromatic carbocycles. The van der Waals surface area contributed by atoms with E-state index in [9.17, 15) is 9.59 Å². The summed E-state index contributed by atoms with van der Waals surface area (Å²) in [7, 11) is 1.74. The van der Waals surface area contributed by atoms with Crippen LogP contribution in [0, 0.1) is 5.41 Å². The van der Waals surface area contributed by atoms with Crippen molar-refractivity contribution >= 4 is 17.8 Å². The van der Waals surface area contributed by atoms with E-state index in [-0.39, 0.29) is 11.7 Å². The molecule has 3 heteroatoms. The normalized spacial score (nSPS) is 27.2. The predicted molar refractivity (Wildman–Crippen MR) is 91.6 cm³/mol. The number of carbonyl (C=O) groups is 2. The van der Waals surface area contributed by atoms with E-state index in [0.717, 1.165) is 22.3 Å². The zero-order valence-corrected chi connectivity index (χ0v) is 13.5. The maximum absolute atomic E-state index is 13.1. The second kappa shape index (κ2) is 5.65. The largest absolute Gasteiger partial charge is 0.341 e. The number of ketones is 1. The summed E-state index contributed by atoms with van der Waals surface area (Å²) in [4.78, 5) is 27.5. The Labute approximate surface area is 137 Å². The van der Waals surface area contributed by atoms with Crippen molar-refractivity contribution in [3.8, 4) is 0 Å². The van der Waals surface area contributed by atoms with Crippen molar-refractivity contribution in [3.05, 3.63) is 65.8 Å². The molecule has 1 saturated heterocycles. The van der Waals surface area contributed by atoms with Crippen LogP contribution in [-0.2, 0) is 9.59 Å². The number of carbonyl (C=O) groups excluding carboxylic acids is 2. The van der Waals surface area contributed by atoms with Crippen LogP contribution in [0.2, 0.25) is 0 Å². The van der Waals surface area contributed by atoms with Crippen LogP contribution in [0.25, 0.3) is 6.08 Å². The van der Waals surface area contributed by atoms with Gasteiger partial charge in [0.15, 0.2) is 5.78 Å². The predicted octanol–water partition coefficient (Wildman–Crippen LogP) is 3.39. The number of likely N-dealkylation sites (N-methyl/N-ethyl adjacent to an activating group) is 1. The number of rotatable bonds is 1. The van der Waals surface area contributed by atoms with Gasteiger partial charge in [0.2, 0.25) is 5.91 Å². The van der Waals surface area contributed by atoms with Crippen molar-refractivity contribution in [2.45, 2.75) is 19.3 Å². The summed E-state index contributed by atoms with van der Waals surface area (Å²) >= 11 is 0. The van der Waals surface area contributed by atoms with Gasteiger partial charge in [0, 0.05) is 13.6 Å². The molecule has 1 aliphatic heterocycles. The molecule has 1 aliphatic carbocycles. The van der Waals surface area contributed by atoms with Crippen LogP contribution in [0.4, 0.5) is 0 Å². The first-order valence-corrected chi connectivity index (χ1v) is 7.86. The standard InChI is InChI=1S/C20H21NO2/c1-14-12-20(19(23)21(3)13-15(14)2)10-9-17(18(20)22)11-16-7-5-4-6-8-16/h4-8,11H,1-2,9-10,12-13H2,3H3/b17-11+. The van der Waals surface area contributed by atoms with Crippen LogP contribution in [0.1, 0.15) is 24.8 Å². The minimum Gasteiger partial charge on any atom is -0.341 e. The molecular formula is C20H21NO2. The summed E-state index contributed by atoms with van der Waals surface area (Å²) in [5.41, 5.74) is 2.40. The number of allylic oxidation sites excluding steroid dienone is 1. The Morgan fingerprint density at radius 2 is 1.83 bits per heavy atom. The maximum atomic E-state index is 13.1. The molecule has 2 aliphatic rings. The molecule has 1 aromatic rings. The highest BCUT2D eigenvalue weighted by Gasteiger charge is 2.53. The molecule has 23 heavy (non-hydrogen) atoms. The van der Waals surface area contributed by atoms with Crippen molar-refractivity contribution in [3.63, 3.8) is 0 Å². The van der Waals surface area contributed by atoms with Gasteiger partial charge < -0.3 is 4.90 Å². The van der Waals surface area contributed by atoms with Gasteiger partial charge in [-0.1, -0.05) is 43.5 Å². The highest BCUT2D eigenvalue weighted by atomic mass is 16.2. The van der Waals surface area contributed by atoms with Gasteiger partial charge in [-0.15, -0.1) is 0 Å². The van der Waals surface area contributed by atoms with E-state index in [1.54, 1.807) is 11.9 Å². The number of hydrogen-bond acceptors (Lipinski definition) is 2. The van der Waals surface area contributed by atoms with E-state index in [0.29, 0.717) is 25.8 Å². The van der Waals surface area contributed by atoms with E-state index < -0.39 is 5.41 Å². The lowest BCUT2D eigenvalue weighted by atomic mass is 9.77. The van der Waals surface area contributed by atoms with Gasteiger partial charge in [-0.2, -0.15) is 0 Å². The van der Waals surface area contributed by atoms with Crippen LogP contribution >= 0.6 is 0 Å². The first-order chi connectivity index (χ1) is 10.9. The molecule has 0 N–H and O–H groups in total. The third-order valence-corrected chi connectivity index (χ3v) is 4.89. The van der Waals surface area contributed by atoms with Crippen LogP contribution in [0.3, 0.4) is 0 Å². The second-order valence-corrected chi connectivity index (χ2v) is 6.54. The van der Waals surface area contributed by atoms with Gasteiger partial charge in [0.1, 0.15) is 5.41 Å². The topological polar surface area (TPSA) is 37.4 Å². The molecule has 0 aromatic heterocycles. The minimum absolute atomic E-state index is 0.0472. The average Bonchev–Trinajstić information content (AvgIpc) is 2.81. The monoisotopic (exact) mass is 307 g/mol. The van der Waals surface area contributed by atoms with Gasteiger partial charge >= 0.3 is 0 Å². The summed E-state index contributed by atoms with van der Waals surface area (Å²) in [5.74, 6) is -0.146. The summed E-state index contributed by atoms with van der Waals surface area (Å²) in [6, 6.07) is 9.76. The number of nitrogens with zero attached hydrogens (tertiary/aromatic N) is 1. The first kappa shape index (κ1) is 15.5. The van der Waals surface area contributed by atoms with Crippen molar-refractivity contribution in [2.24, 2.45) is 5.41 Å². The van der Waals surface area contributed by atoms with Crippen LogP contribution in [0.15, 0.2) is 60.2 Å². The Bertz CT molecular complexity index is 729. The van der Waals surface area contributed by atoms with Crippen LogP contribution in [-0.4, -0.2) is 30.2 Å². The smallest absolute Gasteiger partial charge is 0.237 e. The van der Waals surface area contributed by atoms with Crippen molar-refractivity contribution in [1.29, 1.82) is 0 Å². The van der Waals surface area contributed by atoms with Crippen molar-refractivity contribution < 1.29 is 9.59 Å². The Morgan fingerprint density at radius 3 is 2.52 bits per heavy atom. The second-order valence-electron chi connectivity index (χ2n) is 6.54. The van der Waals surface area contributed by atoms with Crippen molar-refractivity contribution in [2.75, 3.05) is 13.6 Å². The molecule has 1 spiro atoms. The Hall–Kier alpha value is -2.42. The zero-order valence-electron chi connectivity index (χ0n) is 13.5. The summed E-state index contributed by atoms with van der Waals surface area (Å²) in [6.45, 7) is 8.47. The van der Waals surface area contributed by atoms with Gasteiger partial charge in [0.25, 0.3) is 0 Å². The molecule has 1 saturated carbocycles. The fourth-order valence-electron chi connectivity index (χ4n) is 3.54. The van der Waals surface area contributed by atoms with Gasteiger partial charge in [-0.25, -0.2) is 0 Å². The minimum atomic E-state index is -0.980. The lowest BCUT2D eigenvalue weighted by molar-refractivity contribution is -0.145. The zero-order chi connectivity index (χ0) is 16.6. The molecule has 1 atom stereocenters. The Kier molecular flexibility index (Phi) is 3.80. The quantitative estimate of drug-likeness (QED) is 0.589. The maximum Gasteiger partial charge on any atom is 0.237 e. The molecule has 2 fully saturated rings. The highest BCUT2D eigenvalue weighted by molar-refractivity contribution is 6.17. The number of likely N-dealkylation sites (tertiary alicyclic amines) is 1. The van der Waals surface area contributed by atoms with Crippen LogP contribution in [0.5, 0.6) is 0 Å². The molecule has 1 amide bonds. The van der Waals surface area contributed by atoms with E-state index >= 15 is 0 Å². The van der Waals surface area contributed by atoms with E-state index in [1.807, 2.05) is 36.4 Å². The lowest BCUT2D eigenvalue weighted by Crippen LogP contribution is -2.43. The van der Waals surface area contributed by atoms with Crippen molar-refractivity contribution in [1.82, 2.24) is 4.90 Å².